The van der Waals surface area contributed by atoms with E-state index in [0.29, 0.717) is 5.92 Å². The van der Waals surface area contributed by atoms with Crippen LogP contribution in [-0.4, -0.2) is 29.1 Å². The minimum absolute atomic E-state index is 0.0304. The third-order valence-corrected chi connectivity index (χ3v) is 7.84. The lowest BCUT2D eigenvalue weighted by Crippen LogP contribution is -2.25. The van der Waals surface area contributed by atoms with Crippen molar-refractivity contribution in [2.45, 2.75) is 71.8 Å². The van der Waals surface area contributed by atoms with Crippen LogP contribution in [0.15, 0.2) is 35.7 Å². The Morgan fingerprint density at radius 1 is 1.18 bits per heavy atom. The van der Waals surface area contributed by atoms with Crippen molar-refractivity contribution in [3.63, 3.8) is 0 Å². The first kappa shape index (κ1) is 24.5. The molecule has 0 atom stereocenters. The smallest absolute Gasteiger partial charge is 0.253 e. The van der Waals surface area contributed by atoms with Crippen LogP contribution < -0.4 is 10.1 Å². The van der Waals surface area contributed by atoms with Gasteiger partial charge in [-0.3, -0.25) is 4.79 Å². The molecule has 1 aromatic carbocycles. The number of rotatable bonds is 10. The van der Waals surface area contributed by atoms with E-state index in [-0.39, 0.29) is 5.91 Å². The molecule has 1 saturated carbocycles. The zero-order chi connectivity index (χ0) is 23.9. The maximum Gasteiger partial charge on any atom is 0.253 e. The van der Waals surface area contributed by atoms with Crippen molar-refractivity contribution >= 4 is 17.2 Å². The number of unbranched alkanes of at least 4 members (excludes halogenated alkanes) is 2. The van der Waals surface area contributed by atoms with Crippen molar-refractivity contribution in [2.75, 3.05) is 13.7 Å². The standard InChI is InChI=1S/C28H37N3O2S/c1-4-5-9-16-29-27(32)24-17-26(31(20(24)2)18-21-10-7-6-8-11-21)25-19-34-28(30-25)22-12-14-23(33-3)15-13-22/h12-15,17,19,21H,4-11,16,18H2,1-3H3,(H,29,32). The molecule has 0 aliphatic heterocycles. The number of hydrogen-bond acceptors (Lipinski definition) is 4. The lowest BCUT2D eigenvalue weighted by Gasteiger charge is -2.24. The Hall–Kier alpha value is -2.60. The summed E-state index contributed by atoms with van der Waals surface area (Å²) in [4.78, 5) is 18.0. The molecule has 6 heteroatoms. The van der Waals surface area contributed by atoms with Gasteiger partial charge < -0.3 is 14.6 Å². The van der Waals surface area contributed by atoms with Gasteiger partial charge in [-0.25, -0.2) is 4.98 Å². The van der Waals surface area contributed by atoms with Gasteiger partial charge in [0.15, 0.2) is 0 Å². The van der Waals surface area contributed by atoms with Crippen LogP contribution >= 0.6 is 11.3 Å². The van der Waals surface area contributed by atoms with E-state index in [9.17, 15) is 4.79 Å². The van der Waals surface area contributed by atoms with Gasteiger partial charge in [-0.1, -0.05) is 39.0 Å². The SMILES string of the molecule is CCCCCNC(=O)c1cc(-c2csc(-c3ccc(OC)cc3)n2)n(CC2CCCCC2)c1C. The topological polar surface area (TPSA) is 56.1 Å². The molecule has 1 aliphatic rings. The van der Waals surface area contributed by atoms with Crippen LogP contribution in [0.3, 0.4) is 0 Å². The van der Waals surface area contributed by atoms with Gasteiger partial charge in [0.2, 0.25) is 0 Å². The molecule has 0 bridgehead atoms. The molecule has 0 spiro atoms. The first-order chi connectivity index (χ1) is 16.6. The molecule has 34 heavy (non-hydrogen) atoms. The number of carbonyl (C=O) groups is 1. The summed E-state index contributed by atoms with van der Waals surface area (Å²) in [6.07, 6.45) is 9.81. The number of thiazole rings is 1. The van der Waals surface area contributed by atoms with Crippen molar-refractivity contribution in [2.24, 2.45) is 5.92 Å². The van der Waals surface area contributed by atoms with E-state index in [4.69, 9.17) is 9.72 Å². The van der Waals surface area contributed by atoms with Crippen molar-refractivity contribution < 1.29 is 9.53 Å². The molecule has 0 saturated heterocycles. The molecular formula is C28H37N3O2S. The number of methoxy groups -OCH3 is 1. The summed E-state index contributed by atoms with van der Waals surface area (Å²) in [5.74, 6) is 1.54. The summed E-state index contributed by atoms with van der Waals surface area (Å²) in [6.45, 7) is 5.95. The quantitative estimate of drug-likeness (QED) is 0.316. The van der Waals surface area contributed by atoms with Gasteiger partial charge in [-0.15, -0.1) is 11.3 Å². The van der Waals surface area contributed by atoms with E-state index in [1.807, 2.05) is 24.3 Å². The highest BCUT2D eigenvalue weighted by Gasteiger charge is 2.23. The first-order valence-corrected chi connectivity index (χ1v) is 13.6. The lowest BCUT2D eigenvalue weighted by atomic mass is 9.89. The fourth-order valence-corrected chi connectivity index (χ4v) is 5.70. The number of nitrogens with zero attached hydrogens (tertiary/aromatic N) is 2. The highest BCUT2D eigenvalue weighted by molar-refractivity contribution is 7.13. The minimum Gasteiger partial charge on any atom is -0.497 e. The normalized spacial score (nSPS) is 14.3. The molecular weight excluding hydrogens is 442 g/mol. The largest absolute Gasteiger partial charge is 0.497 e. The average molecular weight is 480 g/mol. The van der Waals surface area contributed by atoms with Gasteiger partial charge in [-0.05, 0) is 62.4 Å². The Kier molecular flexibility index (Phi) is 8.44. The molecule has 5 nitrogen and oxygen atoms in total. The Morgan fingerprint density at radius 3 is 2.65 bits per heavy atom. The Balaban J connectivity index is 1.63. The zero-order valence-electron chi connectivity index (χ0n) is 20.7. The van der Waals surface area contributed by atoms with Gasteiger partial charge >= 0.3 is 0 Å². The van der Waals surface area contributed by atoms with Crippen LogP contribution in [-0.2, 0) is 6.54 Å². The molecule has 1 amide bonds. The van der Waals surface area contributed by atoms with Gasteiger partial charge in [0.1, 0.15) is 10.8 Å². The minimum atomic E-state index is 0.0304. The van der Waals surface area contributed by atoms with E-state index in [1.54, 1.807) is 18.4 Å². The van der Waals surface area contributed by atoms with Gasteiger partial charge in [-0.2, -0.15) is 0 Å². The number of amides is 1. The summed E-state index contributed by atoms with van der Waals surface area (Å²) in [5, 5.41) is 6.23. The number of hydrogen-bond donors (Lipinski definition) is 1. The summed E-state index contributed by atoms with van der Waals surface area (Å²) in [7, 11) is 1.68. The lowest BCUT2D eigenvalue weighted by molar-refractivity contribution is 0.0952. The molecule has 2 aromatic heterocycles. The second-order valence-electron chi connectivity index (χ2n) is 9.37. The van der Waals surface area contributed by atoms with E-state index in [2.05, 4.69) is 35.2 Å². The zero-order valence-corrected chi connectivity index (χ0v) is 21.5. The monoisotopic (exact) mass is 479 g/mol. The van der Waals surface area contributed by atoms with Gasteiger partial charge in [0.05, 0.1) is 24.1 Å². The van der Waals surface area contributed by atoms with Crippen molar-refractivity contribution in [1.82, 2.24) is 14.9 Å². The summed E-state index contributed by atoms with van der Waals surface area (Å²) >= 11 is 1.64. The predicted molar refractivity (Wildman–Crippen MR) is 141 cm³/mol. The van der Waals surface area contributed by atoms with Crippen molar-refractivity contribution in [1.29, 1.82) is 0 Å². The summed E-state index contributed by atoms with van der Waals surface area (Å²) in [6, 6.07) is 10.1. The van der Waals surface area contributed by atoms with Crippen LogP contribution in [0.1, 0.15) is 74.3 Å². The second kappa shape index (κ2) is 11.7. The molecule has 3 aromatic rings. The van der Waals surface area contributed by atoms with Crippen LogP contribution in [0.25, 0.3) is 22.0 Å². The van der Waals surface area contributed by atoms with E-state index >= 15 is 0 Å². The maximum atomic E-state index is 13.1. The molecule has 0 radical (unpaired) electrons. The third-order valence-electron chi connectivity index (χ3n) is 6.95. The van der Waals surface area contributed by atoms with E-state index in [1.165, 1.54) is 32.1 Å². The number of aromatic nitrogens is 2. The van der Waals surface area contributed by atoms with Crippen LogP contribution in [0.2, 0.25) is 0 Å². The van der Waals surface area contributed by atoms with Gasteiger partial charge in [0.25, 0.3) is 5.91 Å². The molecule has 182 valence electrons. The number of ether oxygens (including phenoxy) is 1. The molecule has 0 unspecified atom stereocenters. The number of benzene rings is 1. The van der Waals surface area contributed by atoms with E-state index in [0.717, 1.165) is 71.3 Å². The number of carbonyl (C=O) groups excluding carboxylic acids is 1. The van der Waals surface area contributed by atoms with Crippen molar-refractivity contribution in [3.05, 3.63) is 47.0 Å². The third kappa shape index (κ3) is 5.72. The Morgan fingerprint density at radius 2 is 1.94 bits per heavy atom. The van der Waals surface area contributed by atoms with Crippen LogP contribution in [0.4, 0.5) is 0 Å². The fraction of sp³-hybridized carbons (Fsp3) is 0.500. The molecule has 1 N–H and O–H groups in total. The maximum absolute atomic E-state index is 13.1. The van der Waals surface area contributed by atoms with Crippen LogP contribution in [0.5, 0.6) is 5.75 Å². The highest BCUT2D eigenvalue weighted by atomic mass is 32.1. The summed E-state index contributed by atoms with van der Waals surface area (Å²) < 4.78 is 7.64. The average Bonchev–Trinajstić information content (AvgIpc) is 3.48. The second-order valence-corrected chi connectivity index (χ2v) is 10.2. The Labute approximate surface area is 207 Å². The Bertz CT molecular complexity index is 1080. The van der Waals surface area contributed by atoms with Crippen LogP contribution in [0, 0.1) is 12.8 Å². The number of nitrogens with one attached hydrogen (secondary N) is 1. The molecule has 4 rings (SSSR count). The summed E-state index contributed by atoms with van der Waals surface area (Å²) in [5.41, 5.74) is 4.90. The molecule has 1 aliphatic carbocycles. The van der Waals surface area contributed by atoms with E-state index < -0.39 is 0 Å². The molecule has 2 heterocycles. The fourth-order valence-electron chi connectivity index (χ4n) is 4.88. The van der Waals surface area contributed by atoms with Gasteiger partial charge in [0, 0.05) is 29.7 Å². The first-order valence-electron chi connectivity index (χ1n) is 12.7. The predicted octanol–water partition coefficient (Wildman–Crippen LogP) is 7.10. The molecule has 1 fully saturated rings. The highest BCUT2D eigenvalue weighted by Crippen LogP contribution is 2.34. The van der Waals surface area contributed by atoms with Crippen molar-refractivity contribution in [3.8, 4) is 27.7 Å².